The van der Waals surface area contributed by atoms with E-state index in [0.29, 0.717) is 12.6 Å². The second kappa shape index (κ2) is 8.39. The van der Waals surface area contributed by atoms with Crippen LogP contribution in [0, 0.1) is 6.92 Å². The minimum atomic E-state index is -4.70. The molecule has 0 radical (unpaired) electrons. The maximum Gasteiger partial charge on any atom is 0.435 e. The monoisotopic (exact) mass is 376 g/mol. The average Bonchev–Trinajstić information content (AvgIpc) is 2.93. The highest BCUT2D eigenvalue weighted by atomic mass is 19.4. The van der Waals surface area contributed by atoms with Crippen LogP contribution in [0.5, 0.6) is 0 Å². The van der Waals surface area contributed by atoms with Gasteiger partial charge in [0.2, 0.25) is 0 Å². The Morgan fingerprint density at radius 1 is 1.42 bits per heavy atom. The van der Waals surface area contributed by atoms with Crippen molar-refractivity contribution in [2.45, 2.75) is 58.3 Å². The number of rotatable bonds is 6. The number of halogens is 3. The van der Waals surface area contributed by atoms with E-state index in [4.69, 9.17) is 5.11 Å². The molecule has 2 heterocycles. The zero-order chi connectivity index (χ0) is 19.5. The Kier molecular flexibility index (Phi) is 6.68. The summed E-state index contributed by atoms with van der Waals surface area (Å²) in [6.45, 7) is 7.12. The standard InChI is InChI=1S/C17H27F3N4O2/c1-11(2)23-8-4-6-13(10-23)24-12(3)14(15(22-24)17(18,19)20)16(26)21-7-5-9-25/h11,13,25H,4-10H2,1-3H3,(H,21,26). The summed E-state index contributed by atoms with van der Waals surface area (Å²) in [6.07, 6.45) is -2.81. The molecule has 148 valence electrons. The third-order valence-electron chi connectivity index (χ3n) is 4.77. The van der Waals surface area contributed by atoms with Crippen LogP contribution >= 0.6 is 0 Å². The summed E-state index contributed by atoms with van der Waals surface area (Å²) in [5.74, 6) is -0.800. The molecule has 0 spiro atoms. The molecular weight excluding hydrogens is 349 g/mol. The van der Waals surface area contributed by atoms with Gasteiger partial charge < -0.3 is 10.4 Å². The van der Waals surface area contributed by atoms with Gasteiger partial charge in [-0.3, -0.25) is 14.4 Å². The molecule has 0 bridgehead atoms. The number of hydrogen-bond donors (Lipinski definition) is 2. The van der Waals surface area contributed by atoms with E-state index < -0.39 is 23.3 Å². The number of nitrogens with zero attached hydrogens (tertiary/aromatic N) is 3. The van der Waals surface area contributed by atoms with Gasteiger partial charge in [-0.15, -0.1) is 0 Å². The Labute approximate surface area is 151 Å². The SMILES string of the molecule is Cc1c(C(=O)NCCCO)c(C(F)(F)F)nn1C1CCCN(C(C)C)C1. The van der Waals surface area contributed by atoms with E-state index in [1.54, 1.807) is 0 Å². The molecule has 2 rings (SSSR count). The Morgan fingerprint density at radius 2 is 2.12 bits per heavy atom. The molecule has 1 aliphatic rings. The Balaban J connectivity index is 2.35. The Morgan fingerprint density at radius 3 is 2.69 bits per heavy atom. The predicted octanol–water partition coefficient (Wildman–Crippen LogP) is 2.37. The number of amides is 1. The first-order valence-corrected chi connectivity index (χ1v) is 8.96. The van der Waals surface area contributed by atoms with Gasteiger partial charge in [-0.2, -0.15) is 18.3 Å². The van der Waals surface area contributed by atoms with Gasteiger partial charge >= 0.3 is 6.18 Å². The van der Waals surface area contributed by atoms with E-state index in [0.717, 1.165) is 19.4 Å². The van der Waals surface area contributed by atoms with Gasteiger partial charge in [-0.25, -0.2) is 0 Å². The molecule has 6 nitrogen and oxygen atoms in total. The van der Waals surface area contributed by atoms with Crippen LogP contribution < -0.4 is 5.32 Å². The normalized spacial score (nSPS) is 19.2. The van der Waals surface area contributed by atoms with Crippen molar-refractivity contribution in [3.05, 3.63) is 17.0 Å². The zero-order valence-electron chi connectivity index (χ0n) is 15.4. The van der Waals surface area contributed by atoms with Crippen LogP contribution in [0.3, 0.4) is 0 Å². The first-order valence-electron chi connectivity index (χ1n) is 8.96. The maximum absolute atomic E-state index is 13.5. The predicted molar refractivity (Wildman–Crippen MR) is 91.0 cm³/mol. The second-order valence-corrected chi connectivity index (χ2v) is 6.97. The van der Waals surface area contributed by atoms with Crippen LogP contribution in [0.15, 0.2) is 0 Å². The first-order chi connectivity index (χ1) is 12.2. The summed E-state index contributed by atoms with van der Waals surface area (Å²) in [4.78, 5) is 14.5. The number of alkyl halides is 3. The van der Waals surface area contributed by atoms with E-state index in [2.05, 4.69) is 29.2 Å². The van der Waals surface area contributed by atoms with E-state index in [1.165, 1.54) is 11.6 Å². The number of hydrogen-bond acceptors (Lipinski definition) is 4. The van der Waals surface area contributed by atoms with Gasteiger partial charge in [0, 0.05) is 31.4 Å². The minimum absolute atomic E-state index is 0.113. The number of aliphatic hydroxyl groups is 1. The van der Waals surface area contributed by atoms with Crippen LogP contribution in [-0.2, 0) is 6.18 Å². The van der Waals surface area contributed by atoms with Gasteiger partial charge in [0.1, 0.15) is 0 Å². The average molecular weight is 376 g/mol. The van der Waals surface area contributed by atoms with Gasteiger partial charge in [0.05, 0.1) is 11.6 Å². The number of aliphatic hydroxyl groups excluding tert-OH is 1. The topological polar surface area (TPSA) is 70.4 Å². The van der Waals surface area contributed by atoms with Gasteiger partial charge in [0.15, 0.2) is 5.69 Å². The second-order valence-electron chi connectivity index (χ2n) is 6.97. The molecule has 0 saturated carbocycles. The minimum Gasteiger partial charge on any atom is -0.396 e. The molecular formula is C17H27F3N4O2. The fourth-order valence-electron chi connectivity index (χ4n) is 3.37. The van der Waals surface area contributed by atoms with E-state index in [9.17, 15) is 18.0 Å². The third-order valence-corrected chi connectivity index (χ3v) is 4.77. The summed E-state index contributed by atoms with van der Waals surface area (Å²) in [5, 5.41) is 15.0. The van der Waals surface area contributed by atoms with E-state index in [-0.39, 0.29) is 31.3 Å². The molecule has 1 unspecified atom stereocenters. The Hall–Kier alpha value is -1.61. The van der Waals surface area contributed by atoms with E-state index >= 15 is 0 Å². The molecule has 1 aliphatic heterocycles. The van der Waals surface area contributed by atoms with Gasteiger partial charge in [-0.1, -0.05) is 0 Å². The molecule has 1 saturated heterocycles. The van der Waals surface area contributed by atoms with Crippen molar-refractivity contribution in [2.24, 2.45) is 0 Å². The molecule has 1 amide bonds. The molecule has 0 aromatic carbocycles. The zero-order valence-corrected chi connectivity index (χ0v) is 15.4. The smallest absolute Gasteiger partial charge is 0.396 e. The van der Waals surface area contributed by atoms with Crippen LogP contribution in [0.4, 0.5) is 13.2 Å². The lowest BCUT2D eigenvalue weighted by atomic mass is 10.0. The lowest BCUT2D eigenvalue weighted by Crippen LogP contribution is -2.41. The van der Waals surface area contributed by atoms with Crippen molar-refractivity contribution in [3.8, 4) is 0 Å². The molecule has 1 fully saturated rings. The van der Waals surface area contributed by atoms with Crippen molar-refractivity contribution < 1.29 is 23.1 Å². The molecule has 9 heteroatoms. The fraction of sp³-hybridized carbons (Fsp3) is 0.765. The van der Waals surface area contributed by atoms with Gasteiger partial charge in [-0.05, 0) is 46.6 Å². The summed E-state index contributed by atoms with van der Waals surface area (Å²) in [5.41, 5.74) is -1.33. The molecule has 1 atom stereocenters. The number of piperidine rings is 1. The number of carbonyl (C=O) groups is 1. The van der Waals surface area contributed by atoms with Crippen molar-refractivity contribution in [2.75, 3.05) is 26.2 Å². The summed E-state index contributed by atoms with van der Waals surface area (Å²) >= 11 is 0. The summed E-state index contributed by atoms with van der Waals surface area (Å²) < 4.78 is 41.7. The van der Waals surface area contributed by atoms with Crippen molar-refractivity contribution in [3.63, 3.8) is 0 Å². The largest absolute Gasteiger partial charge is 0.435 e. The molecule has 2 N–H and O–H groups in total. The highest BCUT2D eigenvalue weighted by Crippen LogP contribution is 2.35. The van der Waals surface area contributed by atoms with Crippen LogP contribution in [0.1, 0.15) is 60.9 Å². The van der Waals surface area contributed by atoms with E-state index in [1.807, 2.05) is 0 Å². The summed E-state index contributed by atoms with van der Waals surface area (Å²) in [7, 11) is 0. The van der Waals surface area contributed by atoms with Crippen molar-refractivity contribution >= 4 is 5.91 Å². The number of aromatic nitrogens is 2. The van der Waals surface area contributed by atoms with Crippen LogP contribution in [0.2, 0.25) is 0 Å². The quantitative estimate of drug-likeness (QED) is 0.748. The summed E-state index contributed by atoms with van der Waals surface area (Å²) in [6, 6.07) is 0.114. The number of likely N-dealkylation sites (tertiary alicyclic amines) is 1. The highest BCUT2D eigenvalue weighted by molar-refractivity contribution is 5.96. The maximum atomic E-state index is 13.5. The number of nitrogens with one attached hydrogen (secondary N) is 1. The number of carbonyl (C=O) groups excluding carboxylic acids is 1. The van der Waals surface area contributed by atoms with Crippen molar-refractivity contribution in [1.82, 2.24) is 20.0 Å². The molecule has 0 aliphatic carbocycles. The fourth-order valence-corrected chi connectivity index (χ4v) is 3.37. The van der Waals surface area contributed by atoms with Gasteiger partial charge in [0.25, 0.3) is 5.91 Å². The van der Waals surface area contributed by atoms with Crippen molar-refractivity contribution in [1.29, 1.82) is 0 Å². The Bertz CT molecular complexity index is 628. The molecule has 1 aromatic rings. The lowest BCUT2D eigenvalue weighted by molar-refractivity contribution is -0.142. The molecule has 1 aromatic heterocycles. The lowest BCUT2D eigenvalue weighted by Gasteiger charge is -2.35. The van der Waals surface area contributed by atoms with Crippen LogP contribution in [-0.4, -0.2) is 58.0 Å². The molecule has 26 heavy (non-hydrogen) atoms. The first kappa shape index (κ1) is 20.7. The third kappa shape index (κ3) is 4.56. The highest BCUT2D eigenvalue weighted by Gasteiger charge is 2.41. The van der Waals surface area contributed by atoms with Crippen LogP contribution in [0.25, 0.3) is 0 Å².